The van der Waals surface area contributed by atoms with Crippen molar-refractivity contribution in [3.63, 3.8) is 0 Å². The SMILES string of the molecule is CCCCNC(=O)[C@H](Cc1ccccc1)N(Cc1ccc(Cl)cc1)C(=O)CN(c1cccc(C(F)(F)F)c1)S(=O)(=O)c1ccccc1. The second-order valence-corrected chi connectivity index (χ2v) is 13.2. The van der Waals surface area contributed by atoms with Gasteiger partial charge in [0.05, 0.1) is 16.1 Å². The Balaban J connectivity index is 1.82. The van der Waals surface area contributed by atoms with E-state index in [0.29, 0.717) is 33.9 Å². The molecule has 4 aromatic rings. The maximum absolute atomic E-state index is 14.4. The van der Waals surface area contributed by atoms with Gasteiger partial charge in [0.25, 0.3) is 10.0 Å². The number of halogens is 4. The Morgan fingerprint density at radius 2 is 1.49 bits per heavy atom. The topological polar surface area (TPSA) is 86.8 Å². The van der Waals surface area contributed by atoms with E-state index in [1.165, 1.54) is 35.2 Å². The summed E-state index contributed by atoms with van der Waals surface area (Å²) in [5.41, 5.74) is -0.0659. The van der Waals surface area contributed by atoms with E-state index in [1.807, 2.05) is 25.1 Å². The fourth-order valence-electron chi connectivity index (χ4n) is 4.93. The van der Waals surface area contributed by atoms with E-state index in [4.69, 9.17) is 11.6 Å². The summed E-state index contributed by atoms with van der Waals surface area (Å²) in [4.78, 5) is 29.2. The maximum Gasteiger partial charge on any atom is 0.416 e. The van der Waals surface area contributed by atoms with Gasteiger partial charge in [0.1, 0.15) is 12.6 Å². The number of alkyl halides is 3. The quantitative estimate of drug-likeness (QED) is 0.143. The predicted molar refractivity (Wildman–Crippen MR) is 176 cm³/mol. The van der Waals surface area contributed by atoms with Crippen LogP contribution in [0.25, 0.3) is 0 Å². The summed E-state index contributed by atoms with van der Waals surface area (Å²) in [6.07, 6.45) is -3.14. The maximum atomic E-state index is 14.4. The van der Waals surface area contributed by atoms with Crippen molar-refractivity contribution in [1.29, 1.82) is 0 Å². The van der Waals surface area contributed by atoms with Crippen LogP contribution in [0.4, 0.5) is 18.9 Å². The minimum absolute atomic E-state index is 0.101. The van der Waals surface area contributed by atoms with Crippen molar-refractivity contribution in [2.45, 2.75) is 49.8 Å². The smallest absolute Gasteiger partial charge is 0.354 e. The number of hydrogen-bond acceptors (Lipinski definition) is 4. The molecule has 4 aromatic carbocycles. The number of rotatable bonds is 14. The molecule has 0 aliphatic carbocycles. The molecule has 2 amide bonds. The molecule has 0 aromatic heterocycles. The highest BCUT2D eigenvalue weighted by Gasteiger charge is 2.36. The first kappa shape index (κ1) is 35.5. The van der Waals surface area contributed by atoms with Gasteiger partial charge in [-0.25, -0.2) is 8.42 Å². The summed E-state index contributed by atoms with van der Waals surface area (Å²) < 4.78 is 69.9. The average Bonchev–Trinajstić information content (AvgIpc) is 3.06. The monoisotopic (exact) mass is 685 g/mol. The van der Waals surface area contributed by atoms with Crippen LogP contribution in [-0.4, -0.2) is 44.3 Å². The number of benzene rings is 4. The van der Waals surface area contributed by atoms with Crippen molar-refractivity contribution < 1.29 is 31.2 Å². The molecule has 0 unspecified atom stereocenters. The summed E-state index contributed by atoms with van der Waals surface area (Å²) in [5.74, 6) is -1.23. The van der Waals surface area contributed by atoms with Gasteiger partial charge in [0.2, 0.25) is 11.8 Å². The zero-order chi connectivity index (χ0) is 34.0. The second-order valence-electron chi connectivity index (χ2n) is 10.9. The van der Waals surface area contributed by atoms with Crippen LogP contribution in [0, 0.1) is 0 Å². The number of carbonyl (C=O) groups is 2. The van der Waals surface area contributed by atoms with Crippen molar-refractivity contribution in [1.82, 2.24) is 10.2 Å². The van der Waals surface area contributed by atoms with Crippen LogP contribution in [0.5, 0.6) is 0 Å². The fourth-order valence-corrected chi connectivity index (χ4v) is 6.49. The van der Waals surface area contributed by atoms with Crippen LogP contribution in [0.2, 0.25) is 5.02 Å². The van der Waals surface area contributed by atoms with Gasteiger partial charge in [-0.1, -0.05) is 91.7 Å². The molecule has 12 heteroatoms. The standard InChI is InChI=1S/C35H35ClF3N3O4S/c1-2-3-21-40-34(44)32(22-26-11-6-4-7-12-26)41(24-27-17-19-29(36)20-18-27)33(43)25-42(47(45,46)31-15-8-5-9-16-31)30-14-10-13-28(23-30)35(37,38)39/h4-20,23,32H,2-3,21-22,24-25H2,1H3,(H,40,44)/t32-/m0/s1. The predicted octanol–water partition coefficient (Wildman–Crippen LogP) is 7.11. The van der Waals surface area contributed by atoms with E-state index in [0.717, 1.165) is 24.1 Å². The lowest BCUT2D eigenvalue weighted by molar-refractivity contribution is -0.140. The van der Waals surface area contributed by atoms with Crippen molar-refractivity contribution in [2.75, 3.05) is 17.4 Å². The molecule has 1 atom stereocenters. The molecule has 47 heavy (non-hydrogen) atoms. The van der Waals surface area contributed by atoms with Crippen molar-refractivity contribution in [3.05, 3.63) is 131 Å². The van der Waals surface area contributed by atoms with E-state index in [2.05, 4.69) is 5.32 Å². The largest absolute Gasteiger partial charge is 0.416 e. The lowest BCUT2D eigenvalue weighted by Gasteiger charge is -2.34. The van der Waals surface area contributed by atoms with Gasteiger partial charge >= 0.3 is 6.18 Å². The minimum atomic E-state index is -4.76. The van der Waals surface area contributed by atoms with Crippen LogP contribution in [0.3, 0.4) is 0 Å². The fraction of sp³-hybridized carbons (Fsp3) is 0.257. The molecule has 7 nitrogen and oxygen atoms in total. The van der Waals surface area contributed by atoms with Crippen molar-refractivity contribution >= 4 is 39.1 Å². The Morgan fingerprint density at radius 1 is 0.851 bits per heavy atom. The molecule has 0 radical (unpaired) electrons. The molecule has 0 bridgehead atoms. The molecular formula is C35H35ClF3N3O4S. The second kappa shape index (κ2) is 16.0. The zero-order valence-corrected chi connectivity index (χ0v) is 27.2. The third-order valence-electron chi connectivity index (χ3n) is 7.44. The molecule has 0 saturated heterocycles. The van der Waals surface area contributed by atoms with Crippen LogP contribution < -0.4 is 9.62 Å². The van der Waals surface area contributed by atoms with Gasteiger partial charge in [0.15, 0.2) is 0 Å². The zero-order valence-electron chi connectivity index (χ0n) is 25.7. The molecule has 0 aliphatic heterocycles. The summed E-state index contributed by atoms with van der Waals surface area (Å²) in [7, 11) is -4.55. The normalized spacial score (nSPS) is 12.3. The van der Waals surface area contributed by atoms with E-state index in [-0.39, 0.29) is 23.5 Å². The molecule has 0 spiro atoms. The van der Waals surface area contributed by atoms with Crippen LogP contribution in [0.1, 0.15) is 36.5 Å². The Morgan fingerprint density at radius 3 is 2.11 bits per heavy atom. The van der Waals surface area contributed by atoms with Crippen LogP contribution in [0.15, 0.2) is 114 Å². The van der Waals surface area contributed by atoms with Gasteiger partial charge in [-0.15, -0.1) is 0 Å². The van der Waals surface area contributed by atoms with E-state index >= 15 is 0 Å². The van der Waals surface area contributed by atoms with E-state index in [1.54, 1.807) is 42.5 Å². The highest BCUT2D eigenvalue weighted by molar-refractivity contribution is 7.92. The number of nitrogens with one attached hydrogen (secondary N) is 1. The highest BCUT2D eigenvalue weighted by Crippen LogP contribution is 2.33. The molecule has 0 heterocycles. The Kier molecular flexibility index (Phi) is 12.1. The third-order valence-corrected chi connectivity index (χ3v) is 9.48. The summed E-state index contributed by atoms with van der Waals surface area (Å²) in [5, 5.41) is 3.34. The average molecular weight is 686 g/mol. The van der Waals surface area contributed by atoms with Gasteiger partial charge in [-0.3, -0.25) is 13.9 Å². The number of hydrogen-bond donors (Lipinski definition) is 1. The Bertz CT molecular complexity index is 1740. The first-order valence-electron chi connectivity index (χ1n) is 15.0. The Labute approximate surface area is 278 Å². The number of nitrogens with zero attached hydrogens (tertiary/aromatic N) is 2. The number of unbranched alkanes of at least 4 members (excludes halogenated alkanes) is 1. The van der Waals surface area contributed by atoms with Gasteiger partial charge in [-0.05, 0) is 60.0 Å². The van der Waals surface area contributed by atoms with Crippen LogP contribution in [-0.2, 0) is 38.8 Å². The first-order valence-corrected chi connectivity index (χ1v) is 16.8. The minimum Gasteiger partial charge on any atom is -0.354 e. The third kappa shape index (κ3) is 9.59. The number of anilines is 1. The highest BCUT2D eigenvalue weighted by atomic mass is 35.5. The molecule has 0 fully saturated rings. The lowest BCUT2D eigenvalue weighted by atomic mass is 10.0. The number of sulfonamides is 1. The van der Waals surface area contributed by atoms with Gasteiger partial charge in [0, 0.05) is 24.5 Å². The molecule has 248 valence electrons. The molecule has 0 aliphatic rings. The summed E-state index contributed by atoms with van der Waals surface area (Å²) in [6.45, 7) is 1.36. The lowest BCUT2D eigenvalue weighted by Crippen LogP contribution is -2.53. The van der Waals surface area contributed by atoms with Gasteiger partial charge in [-0.2, -0.15) is 13.2 Å². The summed E-state index contributed by atoms with van der Waals surface area (Å²) in [6, 6.07) is 25.5. The molecule has 4 rings (SSSR count). The number of carbonyl (C=O) groups excluding carboxylic acids is 2. The molecule has 0 saturated carbocycles. The van der Waals surface area contributed by atoms with Gasteiger partial charge < -0.3 is 10.2 Å². The molecule has 1 N–H and O–H groups in total. The van der Waals surface area contributed by atoms with Crippen molar-refractivity contribution in [3.8, 4) is 0 Å². The summed E-state index contributed by atoms with van der Waals surface area (Å²) >= 11 is 6.09. The first-order chi connectivity index (χ1) is 22.4. The van der Waals surface area contributed by atoms with Crippen molar-refractivity contribution in [2.24, 2.45) is 0 Å². The van der Waals surface area contributed by atoms with E-state index < -0.39 is 46.2 Å². The number of amides is 2. The Hall–Kier alpha value is -4.35. The van der Waals surface area contributed by atoms with Crippen LogP contribution >= 0.6 is 11.6 Å². The van der Waals surface area contributed by atoms with E-state index in [9.17, 15) is 31.2 Å². The molecular weight excluding hydrogens is 651 g/mol.